The van der Waals surface area contributed by atoms with E-state index in [0.717, 1.165) is 0 Å². The highest BCUT2D eigenvalue weighted by atomic mass is 32.2. The smallest absolute Gasteiger partial charge is 0.338 e. The van der Waals surface area contributed by atoms with Crippen LogP contribution in [0.25, 0.3) is 0 Å². The standard InChI is InChI=1S/C27H27FN4O5S/c1-3-36-26(35)23-17(2)29-27-32(24(23)19-7-4-5-8-20(19)28)18(16-38-27)15-22(33)30-10-12-31(13-11-30)25(34)21-9-6-14-37-21/h4-9,14,16,24H,3,10-13,15H2,1-2H3/t24-/m1/s1. The van der Waals surface area contributed by atoms with E-state index in [2.05, 4.69) is 4.99 Å². The molecule has 3 aliphatic rings. The number of thioether (sulfide) groups is 1. The van der Waals surface area contributed by atoms with E-state index in [1.165, 1.54) is 24.1 Å². The van der Waals surface area contributed by atoms with Gasteiger partial charge in [0.15, 0.2) is 10.9 Å². The molecule has 198 valence electrons. The molecule has 0 radical (unpaired) electrons. The van der Waals surface area contributed by atoms with Crippen LogP contribution in [-0.4, -0.2) is 70.4 Å². The van der Waals surface area contributed by atoms with Crippen LogP contribution in [0, 0.1) is 5.82 Å². The summed E-state index contributed by atoms with van der Waals surface area (Å²) in [7, 11) is 0. The fraction of sp³-hybridized carbons (Fsp3) is 0.333. The largest absolute Gasteiger partial charge is 0.463 e. The zero-order chi connectivity index (χ0) is 26.8. The molecule has 1 aromatic carbocycles. The molecule has 0 bridgehead atoms. The minimum absolute atomic E-state index is 0.0399. The molecule has 1 fully saturated rings. The molecule has 0 unspecified atom stereocenters. The number of esters is 1. The van der Waals surface area contributed by atoms with Crippen molar-refractivity contribution in [3.05, 3.63) is 82.2 Å². The van der Waals surface area contributed by atoms with Crippen molar-refractivity contribution in [1.29, 1.82) is 0 Å². The highest BCUT2D eigenvalue weighted by Crippen LogP contribution is 2.45. The lowest BCUT2D eigenvalue weighted by Crippen LogP contribution is -2.51. The summed E-state index contributed by atoms with van der Waals surface area (Å²) in [4.78, 5) is 48.6. The second-order valence-corrected chi connectivity index (χ2v) is 9.80. The van der Waals surface area contributed by atoms with E-state index >= 15 is 4.39 Å². The van der Waals surface area contributed by atoms with Crippen molar-refractivity contribution in [2.75, 3.05) is 32.8 Å². The Morgan fingerprint density at radius 2 is 1.84 bits per heavy atom. The van der Waals surface area contributed by atoms with Crippen molar-refractivity contribution < 1.29 is 27.9 Å². The van der Waals surface area contributed by atoms with Crippen molar-refractivity contribution in [2.24, 2.45) is 4.99 Å². The van der Waals surface area contributed by atoms with Crippen LogP contribution >= 0.6 is 11.8 Å². The van der Waals surface area contributed by atoms with Gasteiger partial charge >= 0.3 is 5.97 Å². The third-order valence-electron chi connectivity index (χ3n) is 6.68. The topological polar surface area (TPSA) is 95.7 Å². The summed E-state index contributed by atoms with van der Waals surface area (Å²) in [6.45, 7) is 5.14. The SMILES string of the molecule is CCOC(=O)C1=C(C)N=C2SC=C(CC(=O)N3CCN(C(=O)c4ccco4)CC3)N2[C@@H]1c1ccccc1F. The van der Waals surface area contributed by atoms with Crippen LogP contribution in [0.1, 0.15) is 42.4 Å². The molecule has 5 rings (SSSR count). The van der Waals surface area contributed by atoms with Crippen LogP contribution in [0.5, 0.6) is 0 Å². The van der Waals surface area contributed by atoms with Gasteiger partial charge in [-0.05, 0) is 37.5 Å². The molecule has 1 saturated heterocycles. The number of benzene rings is 1. The number of fused-ring (bicyclic) bond motifs is 1. The molecule has 0 N–H and O–H groups in total. The summed E-state index contributed by atoms with van der Waals surface area (Å²) in [5, 5.41) is 2.39. The monoisotopic (exact) mass is 538 g/mol. The Bertz CT molecular complexity index is 1340. The second-order valence-electron chi connectivity index (χ2n) is 8.96. The first-order chi connectivity index (χ1) is 18.4. The van der Waals surface area contributed by atoms with Crippen LogP contribution in [0.15, 0.2) is 74.4 Å². The highest BCUT2D eigenvalue weighted by Gasteiger charge is 2.42. The van der Waals surface area contributed by atoms with Gasteiger partial charge in [0.05, 0.1) is 36.6 Å². The van der Waals surface area contributed by atoms with Gasteiger partial charge in [-0.15, -0.1) is 0 Å². The van der Waals surface area contributed by atoms with E-state index in [4.69, 9.17) is 9.15 Å². The fourth-order valence-electron chi connectivity index (χ4n) is 4.81. The zero-order valence-corrected chi connectivity index (χ0v) is 21.9. The molecule has 3 aliphatic heterocycles. The molecular formula is C27H27FN4O5S. The highest BCUT2D eigenvalue weighted by molar-refractivity contribution is 8.16. The fourth-order valence-corrected chi connectivity index (χ4v) is 5.78. The average molecular weight is 539 g/mol. The number of allylic oxidation sites excluding steroid dienone is 1. The Hall–Kier alpha value is -3.86. The zero-order valence-electron chi connectivity index (χ0n) is 21.1. The number of hydrogen-bond acceptors (Lipinski definition) is 8. The Kier molecular flexibility index (Phi) is 7.37. The number of furan rings is 1. The number of amides is 2. The number of carbonyl (C=O) groups excluding carboxylic acids is 3. The van der Waals surface area contributed by atoms with Gasteiger partial charge in [0, 0.05) is 37.4 Å². The Morgan fingerprint density at radius 1 is 1.11 bits per heavy atom. The normalized spacial score (nSPS) is 19.2. The molecule has 0 aliphatic carbocycles. The van der Waals surface area contributed by atoms with Crippen molar-refractivity contribution in [3.63, 3.8) is 0 Å². The number of hydrogen-bond donors (Lipinski definition) is 0. The molecule has 11 heteroatoms. The predicted octanol–water partition coefficient (Wildman–Crippen LogP) is 3.93. The number of aliphatic imine (C=N–C) groups is 1. The van der Waals surface area contributed by atoms with Gasteiger partial charge < -0.3 is 23.9 Å². The first-order valence-corrected chi connectivity index (χ1v) is 13.2. The van der Waals surface area contributed by atoms with Gasteiger partial charge in [0.2, 0.25) is 5.91 Å². The van der Waals surface area contributed by atoms with Gasteiger partial charge in [-0.3, -0.25) is 9.59 Å². The van der Waals surface area contributed by atoms with Crippen molar-refractivity contribution in [1.82, 2.24) is 14.7 Å². The lowest BCUT2D eigenvalue weighted by atomic mass is 9.93. The van der Waals surface area contributed by atoms with Gasteiger partial charge in [-0.25, -0.2) is 14.2 Å². The number of nitrogens with zero attached hydrogens (tertiary/aromatic N) is 4. The molecule has 1 atom stereocenters. The maximum atomic E-state index is 15.1. The summed E-state index contributed by atoms with van der Waals surface area (Å²) in [6.07, 6.45) is 1.50. The molecular weight excluding hydrogens is 511 g/mol. The van der Waals surface area contributed by atoms with Gasteiger partial charge in [-0.2, -0.15) is 0 Å². The van der Waals surface area contributed by atoms with E-state index in [1.54, 1.807) is 58.9 Å². The summed E-state index contributed by atoms with van der Waals surface area (Å²) >= 11 is 1.33. The molecule has 38 heavy (non-hydrogen) atoms. The molecule has 0 saturated carbocycles. The van der Waals surface area contributed by atoms with E-state index in [9.17, 15) is 14.4 Å². The minimum atomic E-state index is -0.820. The van der Waals surface area contributed by atoms with Gasteiger partial charge in [0.1, 0.15) is 5.82 Å². The van der Waals surface area contributed by atoms with Gasteiger partial charge in [0.25, 0.3) is 5.91 Å². The number of carbonyl (C=O) groups is 3. The Balaban J connectivity index is 1.34. The predicted molar refractivity (Wildman–Crippen MR) is 139 cm³/mol. The van der Waals surface area contributed by atoms with Gasteiger partial charge in [-0.1, -0.05) is 30.0 Å². The van der Waals surface area contributed by atoms with Crippen molar-refractivity contribution in [2.45, 2.75) is 26.3 Å². The summed E-state index contributed by atoms with van der Waals surface area (Å²) in [5.41, 5.74) is 1.61. The lowest BCUT2D eigenvalue weighted by molar-refractivity contribution is -0.139. The summed E-state index contributed by atoms with van der Waals surface area (Å²) in [5.74, 6) is -1.09. The third kappa shape index (κ3) is 4.85. The first-order valence-electron chi connectivity index (χ1n) is 12.4. The molecule has 2 amide bonds. The number of ether oxygens (including phenoxy) is 1. The molecule has 0 spiro atoms. The first kappa shape index (κ1) is 25.8. The van der Waals surface area contributed by atoms with E-state index in [0.29, 0.717) is 48.3 Å². The quantitative estimate of drug-likeness (QED) is 0.515. The minimum Gasteiger partial charge on any atom is -0.463 e. The van der Waals surface area contributed by atoms with Crippen LogP contribution in [0.4, 0.5) is 4.39 Å². The molecule has 4 heterocycles. The van der Waals surface area contributed by atoms with Crippen LogP contribution in [-0.2, 0) is 14.3 Å². The van der Waals surface area contributed by atoms with E-state index in [-0.39, 0.29) is 36.2 Å². The Morgan fingerprint density at radius 3 is 2.53 bits per heavy atom. The molecule has 9 nitrogen and oxygen atoms in total. The van der Waals surface area contributed by atoms with Crippen LogP contribution in [0.2, 0.25) is 0 Å². The van der Waals surface area contributed by atoms with Crippen molar-refractivity contribution in [3.8, 4) is 0 Å². The number of rotatable bonds is 6. The maximum absolute atomic E-state index is 15.1. The number of amidine groups is 1. The van der Waals surface area contributed by atoms with Crippen molar-refractivity contribution >= 4 is 34.7 Å². The molecule has 2 aromatic rings. The van der Waals surface area contributed by atoms with E-state index < -0.39 is 17.8 Å². The number of halogens is 1. The van der Waals surface area contributed by atoms with Crippen LogP contribution in [0.3, 0.4) is 0 Å². The third-order valence-corrected chi connectivity index (χ3v) is 7.57. The number of piperazine rings is 1. The van der Waals surface area contributed by atoms with Crippen LogP contribution < -0.4 is 0 Å². The summed E-state index contributed by atoms with van der Waals surface area (Å²) in [6, 6.07) is 8.74. The second kappa shape index (κ2) is 10.9. The lowest BCUT2D eigenvalue weighted by Gasteiger charge is -2.37. The Labute approximate surface area is 223 Å². The molecule has 1 aromatic heterocycles. The average Bonchev–Trinajstić information content (AvgIpc) is 3.59. The maximum Gasteiger partial charge on any atom is 0.338 e. The van der Waals surface area contributed by atoms with E-state index in [1.807, 2.05) is 5.41 Å². The summed E-state index contributed by atoms with van der Waals surface area (Å²) < 4.78 is 25.6.